The Labute approximate surface area is 174 Å². The zero-order chi connectivity index (χ0) is 20.5. The summed E-state index contributed by atoms with van der Waals surface area (Å²) in [5, 5.41) is 7.55. The van der Waals surface area contributed by atoms with Crippen molar-refractivity contribution >= 4 is 29.4 Å². The van der Waals surface area contributed by atoms with E-state index in [9.17, 15) is 9.59 Å². The van der Waals surface area contributed by atoms with E-state index < -0.39 is 11.8 Å². The number of hydrogen-bond acceptors (Lipinski definition) is 5. The third-order valence-corrected chi connectivity index (χ3v) is 6.42. The van der Waals surface area contributed by atoms with Gasteiger partial charge < -0.3 is 15.0 Å². The molecule has 154 valence electrons. The molecule has 1 aromatic carbocycles. The number of anilines is 1. The van der Waals surface area contributed by atoms with Crippen LogP contribution in [0.25, 0.3) is 5.69 Å². The highest BCUT2D eigenvalue weighted by Gasteiger charge is 2.31. The molecule has 2 aliphatic rings. The first-order valence-electron chi connectivity index (χ1n) is 9.89. The second kappa shape index (κ2) is 8.10. The van der Waals surface area contributed by atoms with Gasteiger partial charge >= 0.3 is 11.8 Å². The monoisotopic (exact) mass is 414 g/mol. The number of rotatable bonds is 3. The molecule has 2 amide bonds. The number of thioether (sulfide) groups is 1. The maximum Gasteiger partial charge on any atom is 0.315 e. The molecule has 7 nitrogen and oxygen atoms in total. The number of likely N-dealkylation sites (tertiary alicyclic amines) is 1. The lowest BCUT2D eigenvalue weighted by atomic mass is 9.92. The number of methoxy groups -OCH3 is 1. The smallest absolute Gasteiger partial charge is 0.315 e. The summed E-state index contributed by atoms with van der Waals surface area (Å²) in [5.41, 5.74) is 2.76. The van der Waals surface area contributed by atoms with Crippen LogP contribution < -0.4 is 10.1 Å². The number of hydrogen-bond donors (Lipinski definition) is 1. The number of aromatic nitrogens is 2. The van der Waals surface area contributed by atoms with Gasteiger partial charge in [-0.05, 0) is 42.5 Å². The predicted octanol–water partition coefficient (Wildman–Crippen LogP) is 3.07. The lowest BCUT2D eigenvalue weighted by Crippen LogP contribution is -2.47. The molecular weight excluding hydrogens is 388 g/mol. The van der Waals surface area contributed by atoms with E-state index in [4.69, 9.17) is 4.74 Å². The second-order valence-corrected chi connectivity index (χ2v) is 8.97. The molecule has 1 saturated heterocycles. The summed E-state index contributed by atoms with van der Waals surface area (Å²) in [6.45, 7) is 5.50. The van der Waals surface area contributed by atoms with E-state index in [1.165, 1.54) is 0 Å². The highest BCUT2D eigenvalue weighted by Crippen LogP contribution is 2.36. The van der Waals surface area contributed by atoms with Gasteiger partial charge in [0.25, 0.3) is 0 Å². The van der Waals surface area contributed by atoms with Gasteiger partial charge in [-0.1, -0.05) is 13.8 Å². The van der Waals surface area contributed by atoms with Crippen molar-refractivity contribution in [2.24, 2.45) is 11.8 Å². The predicted molar refractivity (Wildman–Crippen MR) is 113 cm³/mol. The summed E-state index contributed by atoms with van der Waals surface area (Å²) in [4.78, 5) is 27.3. The first-order valence-corrected chi connectivity index (χ1v) is 11.0. The molecule has 0 saturated carbocycles. The van der Waals surface area contributed by atoms with E-state index in [0.717, 1.165) is 40.6 Å². The fraction of sp³-hybridized carbons (Fsp3) is 0.476. The minimum atomic E-state index is -0.597. The van der Waals surface area contributed by atoms with Gasteiger partial charge in [0.05, 0.1) is 18.5 Å². The number of ether oxygens (including phenoxy) is 1. The van der Waals surface area contributed by atoms with Crippen molar-refractivity contribution in [1.82, 2.24) is 14.7 Å². The minimum absolute atomic E-state index is 0.404. The van der Waals surface area contributed by atoms with Gasteiger partial charge in [0, 0.05) is 30.2 Å². The summed E-state index contributed by atoms with van der Waals surface area (Å²) < 4.78 is 6.94. The lowest BCUT2D eigenvalue weighted by Gasteiger charge is -2.34. The molecule has 1 N–H and O–H groups in total. The molecule has 0 radical (unpaired) electrons. The van der Waals surface area contributed by atoms with Crippen LogP contribution in [0.2, 0.25) is 0 Å². The van der Waals surface area contributed by atoms with Crippen molar-refractivity contribution in [3.05, 3.63) is 35.5 Å². The second-order valence-electron chi connectivity index (χ2n) is 7.99. The minimum Gasteiger partial charge on any atom is -0.497 e. The van der Waals surface area contributed by atoms with Crippen LogP contribution in [0.3, 0.4) is 0 Å². The van der Waals surface area contributed by atoms with Gasteiger partial charge in [0.1, 0.15) is 11.6 Å². The largest absolute Gasteiger partial charge is 0.497 e. The molecule has 1 fully saturated rings. The van der Waals surface area contributed by atoms with Crippen LogP contribution in [0.1, 0.15) is 31.5 Å². The molecule has 8 heteroatoms. The van der Waals surface area contributed by atoms with Crippen LogP contribution in [-0.2, 0) is 21.1 Å². The Bertz CT molecular complexity index is 915. The molecule has 0 spiro atoms. The van der Waals surface area contributed by atoms with E-state index in [1.54, 1.807) is 28.5 Å². The topological polar surface area (TPSA) is 76.5 Å². The van der Waals surface area contributed by atoms with E-state index in [1.807, 2.05) is 24.3 Å². The molecular formula is C21H26N4O3S. The Kier molecular flexibility index (Phi) is 5.54. The number of carbonyl (C=O) groups excluding carboxylic acids is 2. The van der Waals surface area contributed by atoms with Crippen molar-refractivity contribution in [2.75, 3.05) is 25.5 Å². The van der Waals surface area contributed by atoms with E-state index in [0.29, 0.717) is 30.7 Å². The number of benzene rings is 1. The zero-order valence-electron chi connectivity index (χ0n) is 17.0. The maximum atomic E-state index is 12.8. The Hall–Kier alpha value is -2.48. The van der Waals surface area contributed by atoms with E-state index >= 15 is 0 Å². The molecule has 1 aromatic heterocycles. The van der Waals surface area contributed by atoms with Crippen molar-refractivity contribution in [3.63, 3.8) is 0 Å². The van der Waals surface area contributed by atoms with Crippen molar-refractivity contribution < 1.29 is 14.3 Å². The van der Waals surface area contributed by atoms with Crippen LogP contribution in [-0.4, -0.2) is 46.7 Å². The van der Waals surface area contributed by atoms with Crippen LogP contribution in [0.4, 0.5) is 5.82 Å². The van der Waals surface area contributed by atoms with Crippen molar-refractivity contribution in [2.45, 2.75) is 31.8 Å². The molecule has 2 aromatic rings. The zero-order valence-corrected chi connectivity index (χ0v) is 17.8. The average Bonchev–Trinajstić information content (AvgIpc) is 3.29. The van der Waals surface area contributed by atoms with Gasteiger partial charge in [0.15, 0.2) is 0 Å². The first kappa shape index (κ1) is 19.8. The highest BCUT2D eigenvalue weighted by atomic mass is 32.2. The van der Waals surface area contributed by atoms with Crippen molar-refractivity contribution in [1.29, 1.82) is 0 Å². The number of amides is 2. The Morgan fingerprint density at radius 1 is 1.14 bits per heavy atom. The number of fused-ring (bicyclic) bond motifs is 1. The van der Waals surface area contributed by atoms with Crippen LogP contribution in [0.5, 0.6) is 5.75 Å². The van der Waals surface area contributed by atoms with E-state index in [-0.39, 0.29) is 0 Å². The molecule has 0 unspecified atom stereocenters. The Morgan fingerprint density at radius 2 is 1.83 bits per heavy atom. The third kappa shape index (κ3) is 3.99. The van der Waals surface area contributed by atoms with Gasteiger partial charge in [-0.25, -0.2) is 4.68 Å². The molecule has 29 heavy (non-hydrogen) atoms. The van der Waals surface area contributed by atoms with Gasteiger partial charge in [-0.2, -0.15) is 16.9 Å². The summed E-state index contributed by atoms with van der Waals surface area (Å²) in [7, 11) is 1.62. The van der Waals surface area contributed by atoms with Gasteiger partial charge in [0.2, 0.25) is 0 Å². The average molecular weight is 415 g/mol. The third-order valence-electron chi connectivity index (χ3n) is 5.45. The number of carbonyl (C=O) groups is 2. The standard InChI is InChI=1S/C21H26N4O3S/c1-13-8-14(2)10-24(9-13)21(27)20(26)22-19-17-11-29-12-18(17)23-25(19)15-4-6-16(28-3)7-5-15/h4-7,13-14H,8-12H2,1-3H3,(H,22,26)/t13-,14-/m0/s1. The van der Waals surface area contributed by atoms with Gasteiger partial charge in [-0.3, -0.25) is 9.59 Å². The highest BCUT2D eigenvalue weighted by molar-refractivity contribution is 7.98. The molecule has 2 aliphatic heterocycles. The summed E-state index contributed by atoms with van der Waals surface area (Å²) >= 11 is 1.76. The molecule has 3 heterocycles. The summed E-state index contributed by atoms with van der Waals surface area (Å²) in [5.74, 6) is 2.65. The molecule has 0 aliphatic carbocycles. The number of nitrogens with one attached hydrogen (secondary N) is 1. The quantitative estimate of drug-likeness (QED) is 0.781. The molecule has 4 rings (SSSR count). The molecule has 2 atom stereocenters. The fourth-order valence-electron chi connectivity index (χ4n) is 4.19. The van der Waals surface area contributed by atoms with Crippen LogP contribution >= 0.6 is 11.8 Å². The normalized spacial score (nSPS) is 21.0. The molecule has 0 bridgehead atoms. The SMILES string of the molecule is COc1ccc(-n2nc3c(c2NC(=O)C(=O)N2C[C@@H](C)C[C@H](C)C2)CSC3)cc1. The van der Waals surface area contributed by atoms with E-state index in [2.05, 4.69) is 24.3 Å². The number of nitrogens with zero attached hydrogens (tertiary/aromatic N) is 3. The summed E-state index contributed by atoms with van der Waals surface area (Å²) in [6.07, 6.45) is 1.08. The fourth-order valence-corrected chi connectivity index (χ4v) is 5.22. The summed E-state index contributed by atoms with van der Waals surface area (Å²) in [6, 6.07) is 7.48. The van der Waals surface area contributed by atoms with Gasteiger partial charge in [-0.15, -0.1) is 0 Å². The van der Waals surface area contributed by atoms with Crippen LogP contribution in [0.15, 0.2) is 24.3 Å². The first-order chi connectivity index (χ1) is 14.0. The Morgan fingerprint density at radius 3 is 2.48 bits per heavy atom. The maximum absolute atomic E-state index is 12.8. The number of piperidine rings is 1. The Balaban J connectivity index is 1.59. The lowest BCUT2D eigenvalue weighted by molar-refractivity contribution is -0.145. The van der Waals surface area contributed by atoms with Crippen molar-refractivity contribution in [3.8, 4) is 11.4 Å². The van der Waals surface area contributed by atoms with Crippen LogP contribution in [0, 0.1) is 11.8 Å².